The van der Waals surface area contributed by atoms with Gasteiger partial charge in [-0.1, -0.05) is 24.6 Å². The third-order valence-corrected chi connectivity index (χ3v) is 6.18. The summed E-state index contributed by atoms with van der Waals surface area (Å²) >= 11 is 0. The molecule has 3 N–H and O–H groups in total. The van der Waals surface area contributed by atoms with Crippen molar-refractivity contribution in [2.24, 2.45) is 11.7 Å². The number of pyridine rings is 1. The molecule has 2 aromatic heterocycles. The number of carbonyl (C=O) groups excluding carboxylic acids is 2. The van der Waals surface area contributed by atoms with Crippen LogP contribution in [0.2, 0.25) is 0 Å². The molecule has 0 bridgehead atoms. The number of ether oxygens (including phenoxy) is 1. The number of anilines is 1. The van der Waals surface area contributed by atoms with Crippen LogP contribution in [0.4, 0.5) is 10.3 Å². The summed E-state index contributed by atoms with van der Waals surface area (Å²) in [6.07, 6.45) is 4.95. The minimum atomic E-state index is -0.731. The average Bonchev–Trinajstić information content (AvgIpc) is 3.14. The van der Waals surface area contributed by atoms with Gasteiger partial charge in [0.25, 0.3) is 5.91 Å². The molecule has 9 heteroatoms. The highest BCUT2D eigenvalue weighted by molar-refractivity contribution is 5.95. The van der Waals surface area contributed by atoms with Crippen molar-refractivity contribution >= 4 is 28.8 Å². The monoisotopic (exact) mass is 473 g/mol. The van der Waals surface area contributed by atoms with Gasteiger partial charge in [-0.3, -0.25) is 14.9 Å². The number of hydrogen-bond acceptors (Lipinski definition) is 5. The summed E-state index contributed by atoms with van der Waals surface area (Å²) in [5, 5.41) is 2.89. The van der Waals surface area contributed by atoms with Crippen LogP contribution >= 0.6 is 0 Å². The molecule has 0 saturated heterocycles. The molecular formula is C26H24FN5O3. The number of amides is 2. The van der Waals surface area contributed by atoms with Crippen LogP contribution in [0.5, 0.6) is 11.6 Å². The van der Waals surface area contributed by atoms with Gasteiger partial charge in [-0.05, 0) is 60.7 Å². The van der Waals surface area contributed by atoms with Crippen molar-refractivity contribution in [1.29, 1.82) is 0 Å². The molecule has 0 spiro atoms. The highest BCUT2D eigenvalue weighted by atomic mass is 19.1. The molecule has 5 rings (SSSR count). The lowest BCUT2D eigenvalue weighted by Gasteiger charge is -2.26. The van der Waals surface area contributed by atoms with Gasteiger partial charge in [-0.2, -0.15) is 0 Å². The van der Waals surface area contributed by atoms with Gasteiger partial charge in [0.1, 0.15) is 5.56 Å². The lowest BCUT2D eigenvalue weighted by molar-refractivity contribution is -0.115. The first-order valence-electron chi connectivity index (χ1n) is 11.4. The predicted octanol–water partition coefficient (Wildman–Crippen LogP) is 4.44. The SMILES string of the molecule is NC(=O)c1cccnc1Oc1ccc(CC(=O)Nc2nc3ccccc3n2CC2CCC2)cc1F. The fourth-order valence-corrected chi connectivity index (χ4v) is 4.14. The first-order chi connectivity index (χ1) is 17.0. The van der Waals surface area contributed by atoms with E-state index in [1.807, 2.05) is 24.3 Å². The maximum Gasteiger partial charge on any atom is 0.254 e. The summed E-state index contributed by atoms with van der Waals surface area (Å²) in [5.41, 5.74) is 7.62. The fraction of sp³-hybridized carbons (Fsp3) is 0.231. The topological polar surface area (TPSA) is 112 Å². The smallest absolute Gasteiger partial charge is 0.254 e. The number of primary amides is 1. The number of nitrogens with one attached hydrogen (secondary N) is 1. The molecule has 2 heterocycles. The second-order valence-electron chi connectivity index (χ2n) is 8.64. The first kappa shape index (κ1) is 22.5. The number of nitrogens with two attached hydrogens (primary N) is 1. The van der Waals surface area contributed by atoms with Crippen LogP contribution in [0.25, 0.3) is 11.0 Å². The quantitative estimate of drug-likeness (QED) is 0.393. The molecule has 8 nitrogen and oxygen atoms in total. The first-order valence-corrected chi connectivity index (χ1v) is 11.4. The Morgan fingerprint density at radius 1 is 1.14 bits per heavy atom. The Balaban J connectivity index is 1.30. The zero-order chi connectivity index (χ0) is 24.4. The number of carbonyl (C=O) groups is 2. The summed E-state index contributed by atoms with van der Waals surface area (Å²) in [7, 11) is 0. The van der Waals surface area contributed by atoms with Crippen LogP contribution < -0.4 is 15.8 Å². The van der Waals surface area contributed by atoms with E-state index in [4.69, 9.17) is 10.5 Å². The van der Waals surface area contributed by atoms with Crippen molar-refractivity contribution in [1.82, 2.24) is 14.5 Å². The summed E-state index contributed by atoms with van der Waals surface area (Å²) < 4.78 is 22.2. The van der Waals surface area contributed by atoms with Gasteiger partial charge in [-0.25, -0.2) is 14.4 Å². The Kier molecular flexibility index (Phi) is 6.13. The Hall–Kier alpha value is -4.27. The number of fused-ring (bicyclic) bond motifs is 1. The molecule has 4 aromatic rings. The Bertz CT molecular complexity index is 1410. The number of benzene rings is 2. The van der Waals surface area contributed by atoms with E-state index in [1.165, 1.54) is 49.7 Å². The zero-order valence-corrected chi connectivity index (χ0v) is 18.9. The van der Waals surface area contributed by atoms with Crippen molar-refractivity contribution < 1.29 is 18.7 Å². The van der Waals surface area contributed by atoms with Gasteiger partial charge < -0.3 is 15.0 Å². The van der Waals surface area contributed by atoms with Crippen LogP contribution in [0.1, 0.15) is 35.2 Å². The highest BCUT2D eigenvalue weighted by Gasteiger charge is 2.22. The van der Waals surface area contributed by atoms with Crippen molar-refractivity contribution in [3.05, 3.63) is 77.7 Å². The van der Waals surface area contributed by atoms with Crippen LogP contribution in [0.15, 0.2) is 60.8 Å². The minimum absolute atomic E-state index is 0.0417. The summed E-state index contributed by atoms with van der Waals surface area (Å²) in [6, 6.07) is 15.0. The number of aromatic nitrogens is 3. The van der Waals surface area contributed by atoms with E-state index in [-0.39, 0.29) is 29.5 Å². The van der Waals surface area contributed by atoms with E-state index >= 15 is 0 Å². The summed E-state index contributed by atoms with van der Waals surface area (Å²) in [4.78, 5) is 32.9. The van der Waals surface area contributed by atoms with Gasteiger partial charge in [-0.15, -0.1) is 0 Å². The number of hydrogen-bond donors (Lipinski definition) is 2. The van der Waals surface area contributed by atoms with Gasteiger partial charge >= 0.3 is 0 Å². The number of imidazole rings is 1. The van der Waals surface area contributed by atoms with Crippen molar-refractivity contribution in [3.8, 4) is 11.6 Å². The van der Waals surface area contributed by atoms with Crippen LogP contribution in [-0.2, 0) is 17.8 Å². The molecule has 2 aromatic carbocycles. The number of halogens is 1. The van der Waals surface area contributed by atoms with Gasteiger partial charge in [0, 0.05) is 12.7 Å². The molecule has 2 amide bonds. The number of para-hydroxylation sites is 2. The van der Waals surface area contributed by atoms with Crippen molar-refractivity contribution in [2.75, 3.05) is 5.32 Å². The van der Waals surface area contributed by atoms with Crippen LogP contribution in [-0.4, -0.2) is 26.3 Å². The molecule has 0 atom stereocenters. The third-order valence-electron chi connectivity index (χ3n) is 6.18. The van der Waals surface area contributed by atoms with Crippen LogP contribution in [0.3, 0.4) is 0 Å². The maximum absolute atomic E-state index is 14.7. The Morgan fingerprint density at radius 3 is 2.71 bits per heavy atom. The maximum atomic E-state index is 14.7. The van der Waals surface area contributed by atoms with E-state index in [1.54, 1.807) is 6.07 Å². The van der Waals surface area contributed by atoms with E-state index in [9.17, 15) is 14.0 Å². The summed E-state index contributed by atoms with van der Waals surface area (Å²) in [5.74, 6) is -0.855. The van der Waals surface area contributed by atoms with E-state index in [0.717, 1.165) is 17.6 Å². The molecule has 1 aliphatic rings. The van der Waals surface area contributed by atoms with Gasteiger partial charge in [0.2, 0.25) is 17.7 Å². The number of rotatable bonds is 8. The van der Waals surface area contributed by atoms with Crippen molar-refractivity contribution in [2.45, 2.75) is 32.2 Å². The molecule has 0 aliphatic heterocycles. The van der Waals surface area contributed by atoms with Gasteiger partial charge in [0.05, 0.1) is 17.5 Å². The molecule has 178 valence electrons. The Morgan fingerprint density at radius 2 is 1.97 bits per heavy atom. The molecule has 1 fully saturated rings. The third kappa shape index (κ3) is 4.84. The van der Waals surface area contributed by atoms with Crippen LogP contribution in [0, 0.1) is 11.7 Å². The normalized spacial score (nSPS) is 13.4. The zero-order valence-electron chi connectivity index (χ0n) is 18.9. The molecule has 0 radical (unpaired) electrons. The van der Waals surface area contributed by atoms with Crippen molar-refractivity contribution in [3.63, 3.8) is 0 Å². The standard InChI is InChI=1S/C26H24FN5O3/c27-19-13-17(10-11-22(19)35-25-18(24(28)34)7-4-12-29-25)14-23(33)31-26-30-20-8-1-2-9-21(20)32(26)15-16-5-3-6-16/h1-2,4,7-13,16H,3,5-6,14-15H2,(H2,28,34)(H,30,31,33). The second-order valence-corrected chi connectivity index (χ2v) is 8.64. The molecule has 1 aliphatic carbocycles. The average molecular weight is 474 g/mol. The Labute approximate surface area is 200 Å². The minimum Gasteiger partial charge on any atom is -0.435 e. The largest absolute Gasteiger partial charge is 0.435 e. The van der Waals surface area contributed by atoms with E-state index in [2.05, 4.69) is 19.9 Å². The lowest BCUT2D eigenvalue weighted by atomic mass is 9.85. The number of nitrogens with zero attached hydrogens (tertiary/aromatic N) is 3. The summed E-state index contributed by atoms with van der Waals surface area (Å²) in [6.45, 7) is 0.803. The second kappa shape index (κ2) is 9.54. The predicted molar refractivity (Wildman–Crippen MR) is 129 cm³/mol. The highest BCUT2D eigenvalue weighted by Crippen LogP contribution is 2.31. The van der Waals surface area contributed by atoms with Gasteiger partial charge in [0.15, 0.2) is 11.6 Å². The molecule has 35 heavy (non-hydrogen) atoms. The molecular weight excluding hydrogens is 449 g/mol. The molecule has 0 unspecified atom stereocenters. The van der Waals surface area contributed by atoms with E-state index < -0.39 is 11.7 Å². The van der Waals surface area contributed by atoms with E-state index in [0.29, 0.717) is 17.4 Å². The molecule has 1 saturated carbocycles. The lowest BCUT2D eigenvalue weighted by Crippen LogP contribution is -2.22. The fourth-order valence-electron chi connectivity index (χ4n) is 4.14.